The Hall–Kier alpha value is -5.26. The van der Waals surface area contributed by atoms with Gasteiger partial charge in [-0.2, -0.15) is 0 Å². The van der Waals surface area contributed by atoms with Crippen LogP contribution in [0, 0.1) is 0 Å². The number of anilines is 1. The van der Waals surface area contributed by atoms with Gasteiger partial charge < -0.3 is 9.80 Å². The Balaban J connectivity index is 0.000000140. The highest BCUT2D eigenvalue weighted by Crippen LogP contribution is 2.28. The van der Waals surface area contributed by atoms with Crippen molar-refractivity contribution < 1.29 is 9.59 Å². The van der Waals surface area contributed by atoms with E-state index < -0.39 is 0 Å². The summed E-state index contributed by atoms with van der Waals surface area (Å²) in [5.41, 5.74) is 4.01. The lowest BCUT2D eigenvalue weighted by molar-refractivity contribution is 0.102. The summed E-state index contributed by atoms with van der Waals surface area (Å²) in [6, 6.07) is 25.2. The lowest BCUT2D eigenvalue weighted by atomic mass is 10.1. The zero-order valence-electron chi connectivity index (χ0n) is 24.6. The largest absolute Gasteiger partial charge is 0.369 e. The molecule has 226 valence electrons. The molecular formula is C35H25BrN6O4. The Morgan fingerprint density at radius 1 is 0.609 bits per heavy atom. The molecule has 5 heterocycles. The molecule has 1 saturated heterocycles. The number of hydrogen-bond donors (Lipinski definition) is 0. The fourth-order valence-electron chi connectivity index (χ4n) is 6.31. The Bertz CT molecular complexity index is 2410. The summed E-state index contributed by atoms with van der Waals surface area (Å²) >= 11 is 3.35. The standard InChI is InChI=1S/C20H18N4O2.C15H7BrN2O2/c1-22-8-10-23(11-9-22)13-6-7-16-15(12-13)20(26)24-17-5-3-2-4-14(17)18(25)19(24)21-16;16-8-5-6-11-10(7-8)15(20)18-12-4-2-1-3-9(12)13(19)14(18)17-11/h2-7,12H,8-11H2,1H3;1-7H. The maximum Gasteiger partial charge on any atom is 0.266 e. The predicted octanol–water partition coefficient (Wildman–Crippen LogP) is 4.37. The van der Waals surface area contributed by atoms with E-state index in [1.165, 1.54) is 9.13 Å². The minimum absolute atomic E-state index is 0.181. The van der Waals surface area contributed by atoms with Gasteiger partial charge in [-0.3, -0.25) is 28.3 Å². The first-order valence-electron chi connectivity index (χ1n) is 14.8. The SMILES string of the molecule is CN1CCN(c2ccc3nc4n(c(=O)c3c2)-c2ccccc2C4=O)CC1.O=C1c2ccccc2-n2c1nc1ccc(Br)cc1c2=O. The molecule has 0 unspecified atom stereocenters. The molecule has 0 bridgehead atoms. The van der Waals surface area contributed by atoms with E-state index in [0.717, 1.165) is 36.3 Å². The van der Waals surface area contributed by atoms with Gasteiger partial charge in [0, 0.05) is 36.3 Å². The number of ketones is 2. The summed E-state index contributed by atoms with van der Waals surface area (Å²) in [4.78, 5) is 64.1. The van der Waals surface area contributed by atoms with E-state index in [-0.39, 0.29) is 34.3 Å². The molecule has 0 atom stereocenters. The minimum atomic E-state index is -0.218. The van der Waals surface area contributed by atoms with Crippen molar-refractivity contribution in [2.24, 2.45) is 0 Å². The first-order chi connectivity index (χ1) is 22.3. The summed E-state index contributed by atoms with van der Waals surface area (Å²) in [7, 11) is 2.12. The summed E-state index contributed by atoms with van der Waals surface area (Å²) in [5, 5.41) is 1.04. The van der Waals surface area contributed by atoms with Gasteiger partial charge in [0.25, 0.3) is 11.1 Å². The van der Waals surface area contributed by atoms with Crippen molar-refractivity contribution in [2.75, 3.05) is 38.1 Å². The maximum absolute atomic E-state index is 13.2. The van der Waals surface area contributed by atoms with Crippen LogP contribution < -0.4 is 16.0 Å². The summed E-state index contributed by atoms with van der Waals surface area (Å²) in [5.74, 6) is -0.00710. The van der Waals surface area contributed by atoms with Crippen molar-refractivity contribution in [3.8, 4) is 11.4 Å². The first kappa shape index (κ1) is 28.2. The van der Waals surface area contributed by atoms with Gasteiger partial charge in [0.15, 0.2) is 11.6 Å². The van der Waals surface area contributed by atoms with Crippen LogP contribution in [0.4, 0.5) is 5.69 Å². The average molecular weight is 674 g/mol. The van der Waals surface area contributed by atoms with E-state index in [1.807, 2.05) is 24.3 Å². The van der Waals surface area contributed by atoms with Gasteiger partial charge in [-0.1, -0.05) is 40.2 Å². The molecule has 11 heteroatoms. The Labute approximate surface area is 270 Å². The molecule has 3 aliphatic rings. The number of carbonyl (C=O) groups is 2. The second-order valence-corrected chi connectivity index (χ2v) is 12.4. The molecule has 0 spiro atoms. The Kier molecular flexibility index (Phi) is 6.55. The highest BCUT2D eigenvalue weighted by Gasteiger charge is 2.31. The van der Waals surface area contributed by atoms with Crippen molar-refractivity contribution in [1.82, 2.24) is 24.0 Å². The zero-order valence-corrected chi connectivity index (χ0v) is 26.2. The third-order valence-electron chi connectivity index (χ3n) is 8.74. The highest BCUT2D eigenvalue weighted by molar-refractivity contribution is 9.10. The number of halogens is 1. The molecule has 0 N–H and O–H groups in total. The molecule has 2 aromatic heterocycles. The molecule has 4 aromatic carbocycles. The van der Waals surface area contributed by atoms with Crippen molar-refractivity contribution in [2.45, 2.75) is 0 Å². The Morgan fingerprint density at radius 3 is 1.67 bits per heavy atom. The second kappa shape index (κ2) is 10.7. The monoisotopic (exact) mass is 672 g/mol. The normalized spacial score (nSPS) is 15.0. The molecule has 0 radical (unpaired) electrons. The van der Waals surface area contributed by atoms with Crippen LogP contribution in [0.3, 0.4) is 0 Å². The van der Waals surface area contributed by atoms with Crippen LogP contribution in [0.25, 0.3) is 33.2 Å². The fourth-order valence-corrected chi connectivity index (χ4v) is 6.67. The number of rotatable bonds is 1. The Morgan fingerprint density at radius 2 is 1.11 bits per heavy atom. The van der Waals surface area contributed by atoms with E-state index >= 15 is 0 Å². The number of hydrogen-bond acceptors (Lipinski definition) is 8. The molecule has 3 aliphatic heterocycles. The van der Waals surface area contributed by atoms with Crippen LogP contribution in [-0.4, -0.2) is 68.8 Å². The number of likely N-dealkylation sites (N-methyl/N-ethyl adjacent to an activating group) is 1. The number of benzene rings is 4. The van der Waals surface area contributed by atoms with Gasteiger partial charge >= 0.3 is 0 Å². The molecule has 0 amide bonds. The molecule has 0 aliphatic carbocycles. The molecule has 46 heavy (non-hydrogen) atoms. The lowest BCUT2D eigenvalue weighted by Crippen LogP contribution is -2.44. The number of fused-ring (bicyclic) bond motifs is 8. The number of nitrogens with zero attached hydrogens (tertiary/aromatic N) is 6. The van der Waals surface area contributed by atoms with Gasteiger partial charge in [-0.05, 0) is 67.7 Å². The second-order valence-electron chi connectivity index (χ2n) is 11.5. The molecule has 9 rings (SSSR count). The van der Waals surface area contributed by atoms with Crippen LogP contribution in [0.2, 0.25) is 0 Å². The van der Waals surface area contributed by atoms with Crippen LogP contribution in [-0.2, 0) is 0 Å². The minimum Gasteiger partial charge on any atom is -0.369 e. The van der Waals surface area contributed by atoms with Crippen LogP contribution in [0.1, 0.15) is 32.4 Å². The van der Waals surface area contributed by atoms with Crippen LogP contribution in [0.5, 0.6) is 0 Å². The van der Waals surface area contributed by atoms with E-state index in [2.05, 4.69) is 42.7 Å². The fraction of sp³-hybridized carbons (Fsp3) is 0.143. The smallest absolute Gasteiger partial charge is 0.266 e. The lowest BCUT2D eigenvalue weighted by Gasteiger charge is -2.34. The van der Waals surface area contributed by atoms with Crippen LogP contribution >= 0.6 is 15.9 Å². The summed E-state index contributed by atoms with van der Waals surface area (Å²) < 4.78 is 3.65. The summed E-state index contributed by atoms with van der Waals surface area (Å²) in [6.07, 6.45) is 0. The van der Waals surface area contributed by atoms with Gasteiger partial charge in [-0.25, -0.2) is 9.97 Å². The summed E-state index contributed by atoms with van der Waals surface area (Å²) in [6.45, 7) is 3.87. The molecule has 10 nitrogen and oxygen atoms in total. The number of para-hydroxylation sites is 2. The average Bonchev–Trinajstić information content (AvgIpc) is 3.53. The molecule has 6 aromatic rings. The van der Waals surface area contributed by atoms with E-state index in [9.17, 15) is 19.2 Å². The number of aromatic nitrogens is 4. The number of carbonyl (C=O) groups excluding carboxylic acids is 2. The van der Waals surface area contributed by atoms with E-state index in [1.54, 1.807) is 60.7 Å². The first-order valence-corrected chi connectivity index (χ1v) is 15.6. The highest BCUT2D eigenvalue weighted by atomic mass is 79.9. The zero-order chi connectivity index (χ0) is 31.7. The molecular weight excluding hydrogens is 648 g/mol. The van der Waals surface area contributed by atoms with Gasteiger partial charge in [0.1, 0.15) is 0 Å². The van der Waals surface area contributed by atoms with Gasteiger partial charge in [0.05, 0.1) is 44.3 Å². The maximum atomic E-state index is 13.2. The van der Waals surface area contributed by atoms with Crippen molar-refractivity contribution >= 4 is 55.0 Å². The molecule has 0 saturated carbocycles. The third-order valence-corrected chi connectivity index (χ3v) is 9.23. The molecule has 1 fully saturated rings. The van der Waals surface area contributed by atoms with E-state index in [0.29, 0.717) is 44.3 Å². The van der Waals surface area contributed by atoms with Crippen molar-refractivity contribution in [3.05, 3.63) is 133 Å². The van der Waals surface area contributed by atoms with Crippen LogP contribution in [0.15, 0.2) is 99.0 Å². The predicted molar refractivity (Wildman–Crippen MR) is 179 cm³/mol. The van der Waals surface area contributed by atoms with Crippen molar-refractivity contribution in [1.29, 1.82) is 0 Å². The number of piperazine rings is 1. The van der Waals surface area contributed by atoms with Gasteiger partial charge in [-0.15, -0.1) is 0 Å². The third kappa shape index (κ3) is 4.34. The van der Waals surface area contributed by atoms with Crippen molar-refractivity contribution in [3.63, 3.8) is 0 Å². The quantitative estimate of drug-likeness (QED) is 0.253. The van der Waals surface area contributed by atoms with E-state index in [4.69, 9.17) is 0 Å². The topological polar surface area (TPSA) is 110 Å². The van der Waals surface area contributed by atoms with Gasteiger partial charge in [0.2, 0.25) is 11.6 Å².